The van der Waals surface area contributed by atoms with Gasteiger partial charge in [-0.3, -0.25) is 9.59 Å². The Kier molecular flexibility index (Phi) is 6.69. The maximum atomic E-state index is 12.8. The number of rotatable bonds is 8. The molecule has 1 heterocycles. The Bertz CT molecular complexity index is 1100. The number of methoxy groups -OCH3 is 1. The maximum absolute atomic E-state index is 12.8. The van der Waals surface area contributed by atoms with Crippen molar-refractivity contribution in [2.75, 3.05) is 25.6 Å². The number of hydrogen-bond acceptors (Lipinski definition) is 6. The lowest BCUT2D eigenvalue weighted by Crippen LogP contribution is -2.27. The van der Waals surface area contributed by atoms with Crippen LogP contribution in [0.2, 0.25) is 0 Å². The van der Waals surface area contributed by atoms with Gasteiger partial charge in [0, 0.05) is 17.3 Å². The number of carbonyl (C=O) groups excluding carboxylic acids is 2. The minimum Gasteiger partial charge on any atom is -0.494 e. The van der Waals surface area contributed by atoms with Gasteiger partial charge in [-0.25, -0.2) is 4.79 Å². The smallest absolute Gasteiger partial charge is 0.343 e. The summed E-state index contributed by atoms with van der Waals surface area (Å²) in [6, 6.07) is 13.6. The van der Waals surface area contributed by atoms with E-state index >= 15 is 0 Å². The van der Waals surface area contributed by atoms with E-state index < -0.39 is 5.97 Å². The molecule has 30 heavy (non-hydrogen) atoms. The van der Waals surface area contributed by atoms with E-state index in [0.717, 1.165) is 0 Å². The normalized spacial score (nSPS) is 10.5. The van der Waals surface area contributed by atoms with Gasteiger partial charge in [0.25, 0.3) is 5.56 Å². The zero-order chi connectivity index (χ0) is 21.5. The standard InChI is InChI=1S/C22H22N2O6/c1-3-29-16-9-7-15(8-10-16)23-20(25)13-24-12-11-17-18(22(24)27)5-4-6-19(17)30-14-21(26)28-2/h4-12H,3,13-14H2,1-2H3,(H,23,25). The van der Waals surface area contributed by atoms with E-state index in [-0.39, 0.29) is 24.6 Å². The number of aromatic nitrogens is 1. The summed E-state index contributed by atoms with van der Waals surface area (Å²) >= 11 is 0. The molecule has 0 saturated heterocycles. The van der Waals surface area contributed by atoms with Gasteiger partial charge >= 0.3 is 5.97 Å². The van der Waals surface area contributed by atoms with E-state index in [1.165, 1.54) is 17.9 Å². The lowest BCUT2D eigenvalue weighted by molar-refractivity contribution is -0.142. The van der Waals surface area contributed by atoms with Gasteiger partial charge in [-0.1, -0.05) is 6.07 Å². The first-order valence-corrected chi connectivity index (χ1v) is 9.36. The molecule has 0 fully saturated rings. The fourth-order valence-electron chi connectivity index (χ4n) is 2.89. The van der Waals surface area contributed by atoms with Crippen molar-refractivity contribution in [2.24, 2.45) is 0 Å². The summed E-state index contributed by atoms with van der Waals surface area (Å²) in [6.45, 7) is 2.05. The largest absolute Gasteiger partial charge is 0.494 e. The van der Waals surface area contributed by atoms with E-state index in [0.29, 0.717) is 34.6 Å². The van der Waals surface area contributed by atoms with Crippen molar-refractivity contribution in [3.63, 3.8) is 0 Å². The first-order valence-electron chi connectivity index (χ1n) is 9.36. The minimum atomic E-state index is -0.522. The summed E-state index contributed by atoms with van der Waals surface area (Å²) in [5, 5.41) is 3.69. The van der Waals surface area contributed by atoms with Crippen LogP contribution in [-0.4, -0.2) is 36.8 Å². The number of fused-ring (bicyclic) bond motifs is 1. The second-order valence-electron chi connectivity index (χ2n) is 6.34. The molecular formula is C22H22N2O6. The molecule has 0 saturated carbocycles. The first kappa shape index (κ1) is 20.9. The number of carbonyl (C=O) groups is 2. The number of amides is 1. The van der Waals surface area contributed by atoms with Gasteiger partial charge in [-0.15, -0.1) is 0 Å². The topological polar surface area (TPSA) is 95.9 Å². The van der Waals surface area contributed by atoms with Crippen LogP contribution in [0.15, 0.2) is 59.5 Å². The lowest BCUT2D eigenvalue weighted by atomic mass is 10.1. The van der Waals surface area contributed by atoms with Crippen LogP contribution in [0, 0.1) is 0 Å². The number of benzene rings is 2. The summed E-state index contributed by atoms with van der Waals surface area (Å²) in [7, 11) is 1.27. The number of nitrogens with one attached hydrogen (secondary N) is 1. The molecule has 0 aliphatic carbocycles. The summed E-state index contributed by atoms with van der Waals surface area (Å²) in [6.07, 6.45) is 1.52. The van der Waals surface area contributed by atoms with E-state index in [9.17, 15) is 14.4 Å². The van der Waals surface area contributed by atoms with E-state index in [4.69, 9.17) is 9.47 Å². The number of nitrogens with zero attached hydrogens (tertiary/aromatic N) is 1. The summed E-state index contributed by atoms with van der Waals surface area (Å²) in [4.78, 5) is 36.5. The molecule has 2 aromatic carbocycles. The summed E-state index contributed by atoms with van der Waals surface area (Å²) in [5.41, 5.74) is 0.272. The monoisotopic (exact) mass is 410 g/mol. The van der Waals surface area contributed by atoms with Crippen molar-refractivity contribution in [1.82, 2.24) is 4.57 Å². The highest BCUT2D eigenvalue weighted by molar-refractivity contribution is 5.91. The third-order valence-electron chi connectivity index (χ3n) is 4.31. The van der Waals surface area contributed by atoms with Crippen molar-refractivity contribution >= 4 is 28.3 Å². The van der Waals surface area contributed by atoms with Crippen molar-refractivity contribution in [3.8, 4) is 11.5 Å². The summed E-state index contributed by atoms with van der Waals surface area (Å²) < 4.78 is 16.7. The molecule has 1 aromatic heterocycles. The van der Waals surface area contributed by atoms with E-state index in [1.807, 2.05) is 6.92 Å². The maximum Gasteiger partial charge on any atom is 0.343 e. The Morgan fingerprint density at radius 3 is 2.47 bits per heavy atom. The van der Waals surface area contributed by atoms with Crippen molar-refractivity contribution in [1.29, 1.82) is 0 Å². The number of esters is 1. The second-order valence-corrected chi connectivity index (χ2v) is 6.34. The molecule has 0 spiro atoms. The molecular weight excluding hydrogens is 388 g/mol. The molecule has 156 valence electrons. The third kappa shape index (κ3) is 4.96. The number of ether oxygens (including phenoxy) is 3. The van der Waals surface area contributed by atoms with Crippen LogP contribution in [0.25, 0.3) is 10.8 Å². The van der Waals surface area contributed by atoms with E-state index in [2.05, 4.69) is 10.1 Å². The van der Waals surface area contributed by atoms with Gasteiger partial charge in [0.2, 0.25) is 5.91 Å². The lowest BCUT2D eigenvalue weighted by Gasteiger charge is -2.11. The average molecular weight is 410 g/mol. The van der Waals surface area contributed by atoms with Gasteiger partial charge in [-0.2, -0.15) is 0 Å². The molecule has 0 unspecified atom stereocenters. The van der Waals surface area contributed by atoms with Gasteiger partial charge in [0.15, 0.2) is 6.61 Å². The number of pyridine rings is 1. The average Bonchev–Trinajstić information content (AvgIpc) is 2.75. The Labute approximate surface area is 173 Å². The van der Waals surface area contributed by atoms with Crippen molar-refractivity contribution in [2.45, 2.75) is 13.5 Å². The Hall–Kier alpha value is -3.81. The predicted molar refractivity (Wildman–Crippen MR) is 112 cm³/mol. The van der Waals surface area contributed by atoms with Gasteiger partial charge in [0.05, 0.1) is 19.1 Å². The fourth-order valence-corrected chi connectivity index (χ4v) is 2.89. The predicted octanol–water partition coefficient (Wildman–Crippen LogP) is 2.59. The van der Waals surface area contributed by atoms with Crippen molar-refractivity contribution < 1.29 is 23.8 Å². The molecule has 1 amide bonds. The van der Waals surface area contributed by atoms with Crippen LogP contribution >= 0.6 is 0 Å². The SMILES string of the molecule is CCOc1ccc(NC(=O)Cn2ccc3c(OCC(=O)OC)cccc3c2=O)cc1. The van der Waals surface area contributed by atoms with Gasteiger partial charge in [-0.05, 0) is 49.4 Å². The third-order valence-corrected chi connectivity index (χ3v) is 4.31. The van der Waals surface area contributed by atoms with Gasteiger partial charge < -0.3 is 24.1 Å². The molecule has 8 nitrogen and oxygen atoms in total. The van der Waals surface area contributed by atoms with Crippen molar-refractivity contribution in [3.05, 3.63) is 65.1 Å². The molecule has 0 radical (unpaired) electrons. The zero-order valence-electron chi connectivity index (χ0n) is 16.7. The number of hydrogen-bond donors (Lipinski definition) is 1. The fraction of sp³-hybridized carbons (Fsp3) is 0.227. The van der Waals surface area contributed by atoms with Gasteiger partial charge in [0.1, 0.15) is 18.0 Å². The highest BCUT2D eigenvalue weighted by Crippen LogP contribution is 2.23. The Morgan fingerprint density at radius 1 is 1.00 bits per heavy atom. The molecule has 0 aliphatic heterocycles. The zero-order valence-corrected chi connectivity index (χ0v) is 16.7. The number of anilines is 1. The quantitative estimate of drug-likeness (QED) is 0.574. The summed E-state index contributed by atoms with van der Waals surface area (Å²) in [5.74, 6) is 0.248. The Balaban J connectivity index is 1.74. The van der Waals surface area contributed by atoms with Crippen LogP contribution in [-0.2, 0) is 20.9 Å². The van der Waals surface area contributed by atoms with Crippen LogP contribution in [0.1, 0.15) is 6.92 Å². The first-order chi connectivity index (χ1) is 14.5. The van der Waals surface area contributed by atoms with Crippen LogP contribution in [0.4, 0.5) is 5.69 Å². The highest BCUT2D eigenvalue weighted by Gasteiger charge is 2.11. The molecule has 1 N–H and O–H groups in total. The van der Waals surface area contributed by atoms with Crippen LogP contribution < -0.4 is 20.3 Å². The minimum absolute atomic E-state index is 0.144. The molecule has 0 aliphatic rings. The van der Waals surface area contributed by atoms with Crippen LogP contribution in [0.3, 0.4) is 0 Å². The second kappa shape index (κ2) is 9.60. The molecule has 3 aromatic rings. The molecule has 3 rings (SSSR count). The van der Waals surface area contributed by atoms with E-state index in [1.54, 1.807) is 48.5 Å². The molecule has 8 heteroatoms. The van der Waals surface area contributed by atoms with Crippen LogP contribution in [0.5, 0.6) is 11.5 Å². The Morgan fingerprint density at radius 2 is 1.77 bits per heavy atom. The molecule has 0 atom stereocenters. The molecule has 0 bridgehead atoms. The highest BCUT2D eigenvalue weighted by atomic mass is 16.6.